The Morgan fingerprint density at radius 2 is 1.81 bits per heavy atom. The van der Waals surface area contributed by atoms with Crippen molar-refractivity contribution in [3.8, 4) is 5.69 Å². The van der Waals surface area contributed by atoms with Crippen LogP contribution >= 0.6 is 11.3 Å². The molecule has 0 atom stereocenters. The number of nitrogens with one attached hydrogen (secondary N) is 1. The van der Waals surface area contributed by atoms with Crippen molar-refractivity contribution in [1.82, 2.24) is 14.8 Å². The van der Waals surface area contributed by atoms with Gasteiger partial charge >= 0.3 is 0 Å². The topological polar surface area (TPSA) is 54.3 Å². The van der Waals surface area contributed by atoms with Crippen molar-refractivity contribution in [2.24, 2.45) is 5.92 Å². The summed E-state index contributed by atoms with van der Waals surface area (Å²) in [5.74, 6) is 0.187. The Bertz CT molecular complexity index is 1030. The van der Waals surface area contributed by atoms with Crippen LogP contribution < -0.4 is 5.32 Å². The number of carbonyl (C=O) groups is 2. The first-order valence-corrected chi connectivity index (χ1v) is 11.8. The van der Waals surface area contributed by atoms with Crippen LogP contribution in [0.3, 0.4) is 0 Å². The predicted octanol–water partition coefficient (Wildman–Crippen LogP) is 4.37. The SMILES string of the molecule is Cc1cc(CCNC(=O)C2CCN(C(=O)c3cccs3)CC2)c(C)n1-c1ccccc1. The number of rotatable bonds is 6. The van der Waals surface area contributed by atoms with E-state index in [1.165, 1.54) is 28.3 Å². The zero-order valence-corrected chi connectivity index (χ0v) is 19.0. The Morgan fingerprint density at radius 3 is 2.48 bits per heavy atom. The number of aromatic nitrogens is 1. The van der Waals surface area contributed by atoms with Gasteiger partial charge < -0.3 is 14.8 Å². The molecule has 2 aromatic heterocycles. The van der Waals surface area contributed by atoms with E-state index in [-0.39, 0.29) is 17.7 Å². The van der Waals surface area contributed by atoms with E-state index < -0.39 is 0 Å². The summed E-state index contributed by atoms with van der Waals surface area (Å²) in [6.07, 6.45) is 2.27. The molecule has 3 heterocycles. The Kier molecular flexibility index (Phi) is 6.56. The van der Waals surface area contributed by atoms with Crippen molar-refractivity contribution < 1.29 is 9.59 Å². The van der Waals surface area contributed by atoms with Crippen molar-refractivity contribution >= 4 is 23.2 Å². The number of thiophene rings is 1. The Balaban J connectivity index is 1.27. The van der Waals surface area contributed by atoms with Gasteiger partial charge in [0.15, 0.2) is 0 Å². The van der Waals surface area contributed by atoms with Crippen molar-refractivity contribution in [1.29, 1.82) is 0 Å². The number of likely N-dealkylation sites (tertiary alicyclic amines) is 1. The maximum atomic E-state index is 12.7. The van der Waals surface area contributed by atoms with Gasteiger partial charge in [0, 0.05) is 42.6 Å². The third kappa shape index (κ3) is 4.74. The third-order valence-electron chi connectivity index (χ3n) is 6.13. The van der Waals surface area contributed by atoms with Gasteiger partial charge in [-0.15, -0.1) is 11.3 Å². The number of carbonyl (C=O) groups excluding carboxylic acids is 2. The first-order chi connectivity index (χ1) is 15.0. The average Bonchev–Trinajstić information content (AvgIpc) is 3.42. The minimum Gasteiger partial charge on any atom is -0.356 e. The molecule has 162 valence electrons. The largest absolute Gasteiger partial charge is 0.356 e. The summed E-state index contributed by atoms with van der Waals surface area (Å²) in [5.41, 5.74) is 4.85. The summed E-state index contributed by atoms with van der Waals surface area (Å²) in [6, 6.07) is 16.3. The van der Waals surface area contributed by atoms with Gasteiger partial charge in [-0.2, -0.15) is 0 Å². The van der Waals surface area contributed by atoms with Crippen LogP contribution in [0.2, 0.25) is 0 Å². The van der Waals surface area contributed by atoms with E-state index in [4.69, 9.17) is 0 Å². The highest BCUT2D eigenvalue weighted by molar-refractivity contribution is 7.12. The maximum absolute atomic E-state index is 12.7. The molecule has 0 bridgehead atoms. The molecule has 0 saturated carbocycles. The summed E-state index contributed by atoms with van der Waals surface area (Å²) >= 11 is 1.47. The van der Waals surface area contributed by atoms with Crippen LogP contribution in [0.25, 0.3) is 5.69 Å². The molecule has 1 aliphatic rings. The van der Waals surface area contributed by atoms with Gasteiger partial charge in [0.1, 0.15) is 0 Å². The van der Waals surface area contributed by atoms with Crippen LogP contribution in [0.15, 0.2) is 53.9 Å². The Morgan fingerprint density at radius 1 is 1.06 bits per heavy atom. The predicted molar refractivity (Wildman–Crippen MR) is 125 cm³/mol. The fourth-order valence-electron chi connectivity index (χ4n) is 4.42. The molecule has 1 N–H and O–H groups in total. The zero-order valence-electron chi connectivity index (χ0n) is 18.1. The molecule has 4 rings (SSSR count). The van der Waals surface area contributed by atoms with Crippen LogP contribution in [0.1, 0.15) is 39.5 Å². The quantitative estimate of drug-likeness (QED) is 0.625. The van der Waals surface area contributed by atoms with Gasteiger partial charge in [0.2, 0.25) is 5.91 Å². The molecule has 1 saturated heterocycles. The number of piperidine rings is 1. The molecule has 1 aliphatic heterocycles. The van der Waals surface area contributed by atoms with E-state index in [0.29, 0.717) is 19.6 Å². The molecule has 3 aromatic rings. The molecular formula is C25H29N3O2S. The molecule has 1 aromatic carbocycles. The van der Waals surface area contributed by atoms with Crippen LogP contribution in [0.5, 0.6) is 0 Å². The van der Waals surface area contributed by atoms with Crippen LogP contribution in [-0.2, 0) is 11.2 Å². The second kappa shape index (κ2) is 9.52. The van der Waals surface area contributed by atoms with E-state index in [1.54, 1.807) is 0 Å². The number of nitrogens with zero attached hydrogens (tertiary/aromatic N) is 2. The lowest BCUT2D eigenvalue weighted by molar-refractivity contribution is -0.126. The molecule has 2 amide bonds. The summed E-state index contributed by atoms with van der Waals surface area (Å²) in [4.78, 5) is 27.8. The molecule has 31 heavy (non-hydrogen) atoms. The van der Waals surface area contributed by atoms with Crippen LogP contribution in [-0.4, -0.2) is 40.9 Å². The van der Waals surface area contributed by atoms with Crippen molar-refractivity contribution in [3.05, 3.63) is 75.7 Å². The van der Waals surface area contributed by atoms with Gasteiger partial charge in [-0.1, -0.05) is 24.3 Å². The lowest BCUT2D eigenvalue weighted by Gasteiger charge is -2.31. The number of para-hydroxylation sites is 1. The number of aryl methyl sites for hydroxylation is 1. The van der Waals surface area contributed by atoms with Crippen molar-refractivity contribution in [2.45, 2.75) is 33.1 Å². The number of hydrogen-bond acceptors (Lipinski definition) is 3. The molecule has 0 radical (unpaired) electrons. The van der Waals surface area contributed by atoms with Crippen molar-refractivity contribution in [3.63, 3.8) is 0 Å². The second-order valence-electron chi connectivity index (χ2n) is 8.15. The molecule has 0 spiro atoms. The van der Waals surface area contributed by atoms with Gasteiger partial charge in [0.05, 0.1) is 4.88 Å². The fraction of sp³-hybridized carbons (Fsp3) is 0.360. The second-order valence-corrected chi connectivity index (χ2v) is 9.10. The van der Waals surface area contributed by atoms with Gasteiger partial charge in [0.25, 0.3) is 5.91 Å². The summed E-state index contributed by atoms with van der Waals surface area (Å²) < 4.78 is 2.26. The van der Waals surface area contributed by atoms with E-state index in [2.05, 4.69) is 41.9 Å². The van der Waals surface area contributed by atoms with Gasteiger partial charge in [-0.3, -0.25) is 9.59 Å². The number of benzene rings is 1. The lowest BCUT2D eigenvalue weighted by atomic mass is 9.95. The average molecular weight is 436 g/mol. The molecule has 6 heteroatoms. The Hall–Kier alpha value is -2.86. The van der Waals surface area contributed by atoms with Gasteiger partial charge in [-0.05, 0) is 68.3 Å². The first kappa shape index (κ1) is 21.4. The normalized spacial score (nSPS) is 14.6. The van der Waals surface area contributed by atoms with E-state index in [9.17, 15) is 9.59 Å². The zero-order chi connectivity index (χ0) is 21.8. The van der Waals surface area contributed by atoms with E-state index in [0.717, 1.165) is 29.8 Å². The molecule has 1 fully saturated rings. The van der Waals surface area contributed by atoms with E-state index in [1.807, 2.05) is 40.6 Å². The lowest BCUT2D eigenvalue weighted by Crippen LogP contribution is -2.43. The monoisotopic (exact) mass is 435 g/mol. The highest BCUT2D eigenvalue weighted by atomic mass is 32.1. The highest BCUT2D eigenvalue weighted by Gasteiger charge is 2.28. The molecule has 0 unspecified atom stereocenters. The van der Waals surface area contributed by atoms with Gasteiger partial charge in [-0.25, -0.2) is 0 Å². The highest BCUT2D eigenvalue weighted by Crippen LogP contribution is 2.22. The van der Waals surface area contributed by atoms with Crippen molar-refractivity contribution in [2.75, 3.05) is 19.6 Å². The maximum Gasteiger partial charge on any atom is 0.263 e. The summed E-state index contributed by atoms with van der Waals surface area (Å²) in [5, 5.41) is 5.04. The third-order valence-corrected chi connectivity index (χ3v) is 6.99. The minimum atomic E-state index is -0.0101. The molecule has 5 nitrogen and oxygen atoms in total. The smallest absolute Gasteiger partial charge is 0.263 e. The molecular weight excluding hydrogens is 406 g/mol. The number of amides is 2. The first-order valence-electron chi connectivity index (χ1n) is 10.9. The fourth-order valence-corrected chi connectivity index (χ4v) is 5.11. The summed E-state index contributed by atoms with van der Waals surface area (Å²) in [6.45, 7) is 6.18. The molecule has 0 aliphatic carbocycles. The minimum absolute atomic E-state index is 0.0101. The summed E-state index contributed by atoms with van der Waals surface area (Å²) in [7, 11) is 0. The number of hydrogen-bond donors (Lipinski definition) is 1. The standard InChI is InChI=1S/C25H29N3O2S/c1-18-17-21(19(2)28(18)22-7-4-3-5-8-22)10-13-26-24(29)20-11-14-27(15-12-20)25(30)23-9-6-16-31-23/h3-9,16-17,20H,10-15H2,1-2H3,(H,26,29). The van der Waals surface area contributed by atoms with Crippen LogP contribution in [0, 0.1) is 19.8 Å². The Labute approximate surface area is 187 Å². The van der Waals surface area contributed by atoms with E-state index >= 15 is 0 Å². The van der Waals surface area contributed by atoms with Crippen LogP contribution in [0.4, 0.5) is 0 Å².